The molecule has 0 amide bonds. The SMILES string of the molecule is CSc1ccc2c(c1)C(NN)=NCc1c(-c3nc(C4CC4)no3)ncn1-2. The van der Waals surface area contributed by atoms with Crippen molar-refractivity contribution in [1.29, 1.82) is 0 Å². The molecule has 2 aromatic heterocycles. The van der Waals surface area contributed by atoms with E-state index in [1.54, 1.807) is 18.1 Å². The number of rotatable bonds is 3. The van der Waals surface area contributed by atoms with Gasteiger partial charge in [-0.05, 0) is 37.3 Å². The van der Waals surface area contributed by atoms with Gasteiger partial charge in [-0.1, -0.05) is 5.16 Å². The minimum Gasteiger partial charge on any atom is -0.332 e. The highest BCUT2D eigenvalue weighted by molar-refractivity contribution is 7.98. The van der Waals surface area contributed by atoms with Crippen molar-refractivity contribution in [3.63, 3.8) is 0 Å². The van der Waals surface area contributed by atoms with E-state index < -0.39 is 0 Å². The first-order chi connectivity index (χ1) is 12.8. The monoisotopic (exact) mass is 367 g/mol. The van der Waals surface area contributed by atoms with Crippen molar-refractivity contribution >= 4 is 17.6 Å². The predicted octanol–water partition coefficient (Wildman–Crippen LogP) is 2.25. The summed E-state index contributed by atoms with van der Waals surface area (Å²) in [6.45, 7) is 0.416. The third-order valence-electron chi connectivity index (χ3n) is 4.70. The van der Waals surface area contributed by atoms with Crippen LogP contribution in [0.5, 0.6) is 0 Å². The molecule has 1 aliphatic heterocycles. The number of imidazole rings is 1. The van der Waals surface area contributed by atoms with E-state index in [4.69, 9.17) is 10.4 Å². The number of amidine groups is 1. The number of nitrogens with two attached hydrogens (primary N) is 1. The van der Waals surface area contributed by atoms with Gasteiger partial charge in [-0.2, -0.15) is 4.98 Å². The summed E-state index contributed by atoms with van der Waals surface area (Å²) < 4.78 is 7.48. The predicted molar refractivity (Wildman–Crippen MR) is 98.2 cm³/mol. The molecule has 1 saturated carbocycles. The minimum absolute atomic E-state index is 0.416. The molecule has 9 heteroatoms. The zero-order chi connectivity index (χ0) is 17.7. The smallest absolute Gasteiger partial charge is 0.278 e. The van der Waals surface area contributed by atoms with Crippen LogP contribution >= 0.6 is 11.8 Å². The Labute approximate surface area is 153 Å². The van der Waals surface area contributed by atoms with Crippen molar-refractivity contribution in [2.75, 3.05) is 6.26 Å². The molecule has 3 aromatic rings. The number of aliphatic imine (C=N–C) groups is 1. The number of benzene rings is 1. The molecule has 1 aromatic carbocycles. The Balaban J connectivity index is 1.64. The lowest BCUT2D eigenvalue weighted by atomic mass is 10.1. The van der Waals surface area contributed by atoms with Gasteiger partial charge in [0.25, 0.3) is 5.89 Å². The van der Waals surface area contributed by atoms with Gasteiger partial charge in [0.05, 0.1) is 17.9 Å². The normalized spacial score (nSPS) is 15.8. The second-order valence-corrected chi connectivity index (χ2v) is 7.21. The van der Waals surface area contributed by atoms with Crippen LogP contribution in [0.2, 0.25) is 0 Å². The molecule has 3 heterocycles. The highest BCUT2D eigenvalue weighted by Gasteiger charge is 2.30. The molecular weight excluding hydrogens is 350 g/mol. The van der Waals surface area contributed by atoms with E-state index in [0.29, 0.717) is 29.9 Å². The van der Waals surface area contributed by atoms with Crippen LogP contribution in [-0.4, -0.2) is 31.8 Å². The number of hydrogen-bond acceptors (Lipinski definition) is 8. The molecule has 5 rings (SSSR count). The van der Waals surface area contributed by atoms with Gasteiger partial charge in [0.1, 0.15) is 12.2 Å². The molecule has 0 bridgehead atoms. The second kappa shape index (κ2) is 5.96. The Morgan fingerprint density at radius 1 is 1.35 bits per heavy atom. The zero-order valence-electron chi connectivity index (χ0n) is 14.1. The largest absolute Gasteiger partial charge is 0.332 e. The van der Waals surface area contributed by atoms with E-state index in [-0.39, 0.29) is 0 Å². The van der Waals surface area contributed by atoms with Crippen molar-refractivity contribution in [3.05, 3.63) is 41.6 Å². The fraction of sp³-hybridized carbons (Fsp3) is 0.294. The van der Waals surface area contributed by atoms with Crippen LogP contribution in [0.1, 0.15) is 35.8 Å². The maximum atomic E-state index is 5.72. The molecule has 0 spiro atoms. The van der Waals surface area contributed by atoms with Crippen molar-refractivity contribution in [2.24, 2.45) is 10.8 Å². The Morgan fingerprint density at radius 2 is 2.23 bits per heavy atom. The van der Waals surface area contributed by atoms with E-state index in [0.717, 1.165) is 40.5 Å². The lowest BCUT2D eigenvalue weighted by molar-refractivity contribution is 0.421. The summed E-state index contributed by atoms with van der Waals surface area (Å²) >= 11 is 1.67. The minimum atomic E-state index is 0.416. The van der Waals surface area contributed by atoms with Crippen LogP contribution in [0.25, 0.3) is 17.3 Å². The van der Waals surface area contributed by atoms with Gasteiger partial charge in [-0.3, -0.25) is 9.56 Å². The average molecular weight is 367 g/mol. The summed E-state index contributed by atoms with van der Waals surface area (Å²) in [7, 11) is 0. The van der Waals surface area contributed by atoms with Gasteiger partial charge in [0.2, 0.25) is 0 Å². The molecule has 1 aliphatic carbocycles. The number of fused-ring (bicyclic) bond motifs is 3. The number of hydrazine groups is 1. The molecule has 2 aliphatic rings. The fourth-order valence-corrected chi connectivity index (χ4v) is 3.59. The third-order valence-corrected chi connectivity index (χ3v) is 5.42. The summed E-state index contributed by atoms with van der Waals surface area (Å²) in [5.74, 6) is 8.02. The van der Waals surface area contributed by atoms with Crippen LogP contribution in [0, 0.1) is 0 Å². The van der Waals surface area contributed by atoms with E-state index in [1.165, 1.54) is 0 Å². The number of nitrogens with one attached hydrogen (secondary N) is 1. The summed E-state index contributed by atoms with van der Waals surface area (Å²) in [5, 5.41) is 4.10. The van der Waals surface area contributed by atoms with Gasteiger partial charge < -0.3 is 9.95 Å². The molecule has 0 unspecified atom stereocenters. The van der Waals surface area contributed by atoms with Crippen LogP contribution in [-0.2, 0) is 6.54 Å². The first kappa shape index (κ1) is 15.6. The van der Waals surface area contributed by atoms with E-state index in [9.17, 15) is 0 Å². The number of aromatic nitrogens is 4. The van der Waals surface area contributed by atoms with Crippen LogP contribution in [0.4, 0.5) is 0 Å². The molecule has 132 valence electrons. The van der Waals surface area contributed by atoms with Crippen molar-refractivity contribution in [1.82, 2.24) is 25.1 Å². The maximum absolute atomic E-state index is 5.72. The van der Waals surface area contributed by atoms with Crippen LogP contribution in [0.3, 0.4) is 0 Å². The van der Waals surface area contributed by atoms with Crippen molar-refractivity contribution in [3.8, 4) is 17.3 Å². The van der Waals surface area contributed by atoms with Crippen LogP contribution in [0.15, 0.2) is 38.9 Å². The first-order valence-electron chi connectivity index (χ1n) is 8.38. The summed E-state index contributed by atoms with van der Waals surface area (Å²) in [6, 6.07) is 6.20. The molecule has 8 nitrogen and oxygen atoms in total. The lowest BCUT2D eigenvalue weighted by Gasteiger charge is -2.12. The highest BCUT2D eigenvalue weighted by atomic mass is 32.2. The zero-order valence-corrected chi connectivity index (χ0v) is 15.0. The standard InChI is InChI=1S/C17H17N7OS/c1-26-10-4-5-12-11(6-10)16(22-18)19-7-13-14(20-8-24(12)13)17-21-15(23-25-17)9-2-3-9/h4-6,8-9H,2-3,7,18H2,1H3,(H,19,22). The number of thioether (sulfide) groups is 1. The summed E-state index contributed by atoms with van der Waals surface area (Å²) in [4.78, 5) is 14.8. The van der Waals surface area contributed by atoms with Crippen molar-refractivity contribution < 1.29 is 4.52 Å². The van der Waals surface area contributed by atoms with E-state index in [2.05, 4.69) is 43.7 Å². The molecule has 0 saturated heterocycles. The fourth-order valence-electron chi connectivity index (χ4n) is 3.15. The van der Waals surface area contributed by atoms with Gasteiger partial charge >= 0.3 is 0 Å². The summed E-state index contributed by atoms with van der Waals surface area (Å²) in [6.07, 6.45) is 6.07. The van der Waals surface area contributed by atoms with E-state index >= 15 is 0 Å². The highest BCUT2D eigenvalue weighted by Crippen LogP contribution is 2.39. The van der Waals surface area contributed by atoms with Gasteiger partial charge in [0, 0.05) is 16.4 Å². The summed E-state index contributed by atoms with van der Waals surface area (Å²) in [5.41, 5.74) is 6.19. The van der Waals surface area contributed by atoms with Gasteiger partial charge in [-0.15, -0.1) is 11.8 Å². The van der Waals surface area contributed by atoms with Gasteiger partial charge in [-0.25, -0.2) is 10.8 Å². The molecular formula is C17H17N7OS. The molecule has 1 fully saturated rings. The molecule has 0 radical (unpaired) electrons. The Kier molecular flexibility index (Phi) is 3.57. The molecule has 0 atom stereocenters. The van der Waals surface area contributed by atoms with Crippen LogP contribution < -0.4 is 11.3 Å². The lowest BCUT2D eigenvalue weighted by Crippen LogP contribution is -2.31. The maximum Gasteiger partial charge on any atom is 0.278 e. The first-order valence-corrected chi connectivity index (χ1v) is 9.61. The third kappa shape index (κ3) is 2.43. The Hall–Kier alpha value is -2.65. The second-order valence-electron chi connectivity index (χ2n) is 6.33. The average Bonchev–Trinajstić information content (AvgIpc) is 3.30. The van der Waals surface area contributed by atoms with Gasteiger partial charge in [0.15, 0.2) is 11.5 Å². The quantitative estimate of drug-likeness (QED) is 0.415. The number of nitrogens with zero attached hydrogens (tertiary/aromatic N) is 5. The molecule has 3 N–H and O–H groups in total. The Morgan fingerprint density at radius 3 is 3.00 bits per heavy atom. The Bertz CT molecular complexity index is 1020. The molecule has 26 heavy (non-hydrogen) atoms. The topological polar surface area (TPSA) is 107 Å². The number of hydrogen-bond donors (Lipinski definition) is 2. The van der Waals surface area contributed by atoms with E-state index in [1.807, 2.05) is 10.8 Å². The van der Waals surface area contributed by atoms with Crippen molar-refractivity contribution in [2.45, 2.75) is 30.2 Å².